The van der Waals surface area contributed by atoms with Gasteiger partial charge in [0.1, 0.15) is 18.1 Å². The first-order valence-corrected chi connectivity index (χ1v) is 9.67. The lowest BCUT2D eigenvalue weighted by molar-refractivity contribution is 0.0950. The number of ether oxygens (including phenoxy) is 2. The molecule has 0 aliphatic rings. The van der Waals surface area contributed by atoms with E-state index in [1.807, 2.05) is 48.5 Å². The normalized spacial score (nSPS) is 10.5. The average molecular weight is 389 g/mol. The maximum absolute atomic E-state index is 12.6. The molecular formula is C25H27NO3. The Morgan fingerprint density at radius 3 is 2.41 bits per heavy atom. The number of nitrogens with one attached hydrogen (secondary N) is 1. The number of hydrogen-bond donors (Lipinski definition) is 1. The van der Waals surface area contributed by atoms with Gasteiger partial charge in [0.15, 0.2) is 0 Å². The van der Waals surface area contributed by atoms with Crippen LogP contribution in [-0.4, -0.2) is 13.0 Å². The zero-order chi connectivity index (χ0) is 20.8. The fraction of sp³-hybridized carbons (Fsp3) is 0.240. The van der Waals surface area contributed by atoms with Crippen LogP contribution in [0.4, 0.5) is 0 Å². The van der Waals surface area contributed by atoms with Gasteiger partial charge in [-0.2, -0.15) is 0 Å². The molecule has 29 heavy (non-hydrogen) atoms. The Labute approximate surface area is 172 Å². The standard InChI is InChI=1S/C25H27NO3/c1-17-12-18(2)19(3)24(13-17)29-16-22-14-21(10-11-23(22)28-4)25(27)26-15-20-8-6-5-7-9-20/h5-14H,15-16H2,1-4H3,(H,26,27). The molecule has 1 N–H and O–H groups in total. The van der Waals surface area contributed by atoms with Gasteiger partial charge in [-0.3, -0.25) is 4.79 Å². The summed E-state index contributed by atoms with van der Waals surface area (Å²) in [7, 11) is 1.62. The minimum Gasteiger partial charge on any atom is -0.496 e. The third-order valence-corrected chi connectivity index (χ3v) is 4.99. The van der Waals surface area contributed by atoms with Crippen molar-refractivity contribution < 1.29 is 14.3 Å². The molecule has 150 valence electrons. The highest BCUT2D eigenvalue weighted by molar-refractivity contribution is 5.94. The van der Waals surface area contributed by atoms with Gasteiger partial charge in [0.05, 0.1) is 7.11 Å². The predicted octanol–water partition coefficient (Wildman–Crippen LogP) is 5.13. The number of carbonyl (C=O) groups is 1. The van der Waals surface area contributed by atoms with E-state index in [0.29, 0.717) is 24.5 Å². The number of aryl methyl sites for hydroxylation is 2. The first-order valence-electron chi connectivity index (χ1n) is 9.67. The molecule has 4 heteroatoms. The summed E-state index contributed by atoms with van der Waals surface area (Å²) in [6, 6.07) is 19.4. The van der Waals surface area contributed by atoms with Gasteiger partial charge in [-0.15, -0.1) is 0 Å². The van der Waals surface area contributed by atoms with Crippen molar-refractivity contribution in [3.63, 3.8) is 0 Å². The monoisotopic (exact) mass is 389 g/mol. The van der Waals surface area contributed by atoms with E-state index in [4.69, 9.17) is 9.47 Å². The van der Waals surface area contributed by atoms with Crippen LogP contribution in [0.25, 0.3) is 0 Å². The Bertz CT molecular complexity index is 996. The fourth-order valence-corrected chi connectivity index (χ4v) is 3.22. The lowest BCUT2D eigenvalue weighted by Crippen LogP contribution is -2.23. The summed E-state index contributed by atoms with van der Waals surface area (Å²) in [4.78, 5) is 12.6. The van der Waals surface area contributed by atoms with Gasteiger partial charge in [-0.25, -0.2) is 0 Å². The number of amides is 1. The van der Waals surface area contributed by atoms with E-state index in [9.17, 15) is 4.79 Å². The number of benzene rings is 3. The van der Waals surface area contributed by atoms with Crippen LogP contribution in [0.2, 0.25) is 0 Å². The number of hydrogen-bond acceptors (Lipinski definition) is 3. The molecule has 0 aromatic heterocycles. The largest absolute Gasteiger partial charge is 0.496 e. The molecular weight excluding hydrogens is 362 g/mol. The summed E-state index contributed by atoms with van der Waals surface area (Å²) in [5, 5.41) is 2.96. The predicted molar refractivity (Wildman–Crippen MR) is 116 cm³/mol. The molecule has 0 unspecified atom stereocenters. The highest BCUT2D eigenvalue weighted by Crippen LogP contribution is 2.27. The van der Waals surface area contributed by atoms with Crippen molar-refractivity contribution >= 4 is 5.91 Å². The van der Waals surface area contributed by atoms with E-state index in [1.54, 1.807) is 13.2 Å². The Balaban J connectivity index is 1.74. The van der Waals surface area contributed by atoms with Crippen LogP contribution in [0.1, 0.15) is 38.2 Å². The second-order valence-corrected chi connectivity index (χ2v) is 7.19. The molecule has 0 bridgehead atoms. The van der Waals surface area contributed by atoms with Crippen LogP contribution in [0.15, 0.2) is 60.7 Å². The molecule has 3 aromatic carbocycles. The number of methoxy groups -OCH3 is 1. The fourth-order valence-electron chi connectivity index (χ4n) is 3.22. The van der Waals surface area contributed by atoms with Crippen molar-refractivity contribution in [2.24, 2.45) is 0 Å². The first kappa shape index (κ1) is 20.5. The summed E-state index contributed by atoms with van der Waals surface area (Å²) in [6.45, 7) is 6.99. The highest BCUT2D eigenvalue weighted by Gasteiger charge is 2.12. The van der Waals surface area contributed by atoms with E-state index in [2.05, 4.69) is 32.2 Å². The van der Waals surface area contributed by atoms with Crippen molar-refractivity contribution in [1.82, 2.24) is 5.32 Å². The second kappa shape index (κ2) is 9.28. The lowest BCUT2D eigenvalue weighted by Gasteiger charge is -2.15. The third kappa shape index (κ3) is 5.17. The molecule has 0 aliphatic heterocycles. The van der Waals surface area contributed by atoms with Crippen LogP contribution in [-0.2, 0) is 13.2 Å². The molecule has 0 aliphatic carbocycles. The zero-order valence-corrected chi connectivity index (χ0v) is 17.4. The van der Waals surface area contributed by atoms with Gasteiger partial charge in [0.25, 0.3) is 5.91 Å². The molecule has 0 saturated heterocycles. The Hall–Kier alpha value is -3.27. The average Bonchev–Trinajstić information content (AvgIpc) is 2.74. The molecule has 0 atom stereocenters. The summed E-state index contributed by atoms with van der Waals surface area (Å²) in [5.74, 6) is 1.43. The second-order valence-electron chi connectivity index (χ2n) is 7.19. The molecule has 0 heterocycles. The maximum atomic E-state index is 12.6. The number of rotatable bonds is 7. The summed E-state index contributed by atoms with van der Waals surface area (Å²) in [6.07, 6.45) is 0. The van der Waals surface area contributed by atoms with Crippen LogP contribution in [0.3, 0.4) is 0 Å². The van der Waals surface area contributed by atoms with Crippen LogP contribution in [0, 0.1) is 20.8 Å². The Morgan fingerprint density at radius 1 is 0.931 bits per heavy atom. The summed E-state index contributed by atoms with van der Waals surface area (Å²) >= 11 is 0. The molecule has 0 radical (unpaired) electrons. The topological polar surface area (TPSA) is 47.6 Å². The van der Waals surface area contributed by atoms with E-state index in [-0.39, 0.29) is 5.91 Å². The summed E-state index contributed by atoms with van der Waals surface area (Å²) in [5.41, 5.74) is 5.94. The van der Waals surface area contributed by atoms with Gasteiger partial charge < -0.3 is 14.8 Å². The first-order chi connectivity index (χ1) is 14.0. The van der Waals surface area contributed by atoms with Crippen molar-refractivity contribution in [3.8, 4) is 11.5 Å². The van der Waals surface area contributed by atoms with Crippen molar-refractivity contribution in [3.05, 3.63) is 94.0 Å². The maximum Gasteiger partial charge on any atom is 0.251 e. The SMILES string of the molecule is COc1ccc(C(=O)NCc2ccccc2)cc1COc1cc(C)cc(C)c1C. The van der Waals surface area contributed by atoms with Crippen LogP contribution in [0.5, 0.6) is 11.5 Å². The minimum absolute atomic E-state index is 0.125. The van der Waals surface area contributed by atoms with Crippen LogP contribution < -0.4 is 14.8 Å². The number of carbonyl (C=O) groups excluding carboxylic acids is 1. The van der Waals surface area contributed by atoms with Gasteiger partial charge >= 0.3 is 0 Å². The van der Waals surface area contributed by atoms with Gasteiger partial charge in [-0.05, 0) is 67.3 Å². The molecule has 4 nitrogen and oxygen atoms in total. The van der Waals surface area contributed by atoms with Gasteiger partial charge in [0.2, 0.25) is 0 Å². The minimum atomic E-state index is -0.125. The Morgan fingerprint density at radius 2 is 1.69 bits per heavy atom. The van der Waals surface area contributed by atoms with E-state index in [1.165, 1.54) is 5.56 Å². The van der Waals surface area contributed by atoms with Crippen molar-refractivity contribution in [2.75, 3.05) is 7.11 Å². The molecule has 1 amide bonds. The van der Waals surface area contributed by atoms with Gasteiger partial charge in [0, 0.05) is 17.7 Å². The lowest BCUT2D eigenvalue weighted by atomic mass is 10.1. The van der Waals surface area contributed by atoms with Crippen LogP contribution >= 0.6 is 0 Å². The summed E-state index contributed by atoms with van der Waals surface area (Å²) < 4.78 is 11.5. The molecule has 3 aromatic rings. The van der Waals surface area contributed by atoms with E-state index in [0.717, 1.165) is 28.0 Å². The molecule has 0 fully saturated rings. The third-order valence-electron chi connectivity index (χ3n) is 4.99. The van der Waals surface area contributed by atoms with Crippen molar-refractivity contribution in [1.29, 1.82) is 0 Å². The van der Waals surface area contributed by atoms with Crippen molar-refractivity contribution in [2.45, 2.75) is 33.9 Å². The highest BCUT2D eigenvalue weighted by atomic mass is 16.5. The smallest absolute Gasteiger partial charge is 0.251 e. The molecule has 0 spiro atoms. The molecule has 3 rings (SSSR count). The van der Waals surface area contributed by atoms with E-state index < -0.39 is 0 Å². The molecule has 0 saturated carbocycles. The Kier molecular flexibility index (Phi) is 6.55. The zero-order valence-electron chi connectivity index (χ0n) is 17.4. The van der Waals surface area contributed by atoms with Gasteiger partial charge in [-0.1, -0.05) is 36.4 Å². The van der Waals surface area contributed by atoms with E-state index >= 15 is 0 Å². The quantitative estimate of drug-likeness (QED) is 0.609.